The van der Waals surface area contributed by atoms with Gasteiger partial charge in [-0.25, -0.2) is 4.39 Å². The second kappa shape index (κ2) is 6.01. The summed E-state index contributed by atoms with van der Waals surface area (Å²) < 4.78 is 13.7. The topological polar surface area (TPSA) is 35.6 Å². The molecule has 2 saturated heterocycles. The van der Waals surface area contributed by atoms with Gasteiger partial charge < -0.3 is 9.80 Å². The van der Waals surface area contributed by atoms with Crippen molar-refractivity contribution < 1.29 is 9.18 Å². The quantitative estimate of drug-likeness (QED) is 0.887. The molecule has 1 unspecified atom stereocenters. The Morgan fingerprint density at radius 3 is 2.65 bits per heavy atom. The maximum Gasteiger partial charge on any atom is 0.240 e. The van der Waals surface area contributed by atoms with E-state index in [0.29, 0.717) is 31.9 Å². The van der Waals surface area contributed by atoms with Gasteiger partial charge in [0.05, 0.1) is 11.7 Å². The van der Waals surface area contributed by atoms with Crippen molar-refractivity contribution in [1.82, 2.24) is 10.2 Å². The molecule has 2 aliphatic rings. The van der Waals surface area contributed by atoms with Crippen LogP contribution in [0.25, 0.3) is 0 Å². The summed E-state index contributed by atoms with van der Waals surface area (Å²) in [4.78, 5) is 16.2. The summed E-state index contributed by atoms with van der Waals surface area (Å²) in [5.74, 6) is 1.70. The molecule has 6 heteroatoms. The van der Waals surface area contributed by atoms with Gasteiger partial charge in [-0.1, -0.05) is 12.1 Å². The van der Waals surface area contributed by atoms with Crippen LogP contribution in [0.2, 0.25) is 0 Å². The van der Waals surface area contributed by atoms with Crippen molar-refractivity contribution in [3.63, 3.8) is 0 Å². The first-order chi connectivity index (χ1) is 9.75. The number of carbonyl (C=O) groups is 1. The number of rotatable bonds is 2. The first kappa shape index (κ1) is 13.7. The Bertz CT molecular complexity index is 485. The Morgan fingerprint density at radius 1 is 1.25 bits per heavy atom. The molecule has 0 aliphatic carbocycles. The van der Waals surface area contributed by atoms with E-state index in [0.717, 1.165) is 11.6 Å². The highest BCUT2D eigenvalue weighted by atomic mass is 32.2. The van der Waals surface area contributed by atoms with E-state index in [9.17, 15) is 9.18 Å². The molecule has 4 nitrogen and oxygen atoms in total. The van der Waals surface area contributed by atoms with Crippen LogP contribution >= 0.6 is 11.8 Å². The van der Waals surface area contributed by atoms with Crippen LogP contribution in [0.1, 0.15) is 0 Å². The number of anilines is 1. The second-order valence-corrected chi connectivity index (χ2v) is 6.07. The van der Waals surface area contributed by atoms with E-state index in [1.807, 2.05) is 15.9 Å². The van der Waals surface area contributed by atoms with Crippen molar-refractivity contribution in [1.29, 1.82) is 0 Å². The Hall–Kier alpha value is -1.27. The second-order valence-electron chi connectivity index (χ2n) is 5.04. The van der Waals surface area contributed by atoms with Crippen LogP contribution in [0.5, 0.6) is 0 Å². The lowest BCUT2D eigenvalue weighted by Crippen LogP contribution is -2.53. The number of para-hydroxylation sites is 1. The molecule has 108 valence electrons. The highest BCUT2D eigenvalue weighted by molar-refractivity contribution is 7.99. The molecule has 0 saturated carbocycles. The predicted octanol–water partition coefficient (Wildman–Crippen LogP) is 1.14. The molecule has 1 atom stereocenters. The number of piperazine rings is 1. The maximum atomic E-state index is 13.7. The van der Waals surface area contributed by atoms with Crippen molar-refractivity contribution in [3.8, 4) is 0 Å². The number of benzene rings is 1. The van der Waals surface area contributed by atoms with E-state index >= 15 is 0 Å². The van der Waals surface area contributed by atoms with Crippen LogP contribution in [-0.4, -0.2) is 54.7 Å². The van der Waals surface area contributed by atoms with E-state index < -0.39 is 0 Å². The fourth-order valence-electron chi connectivity index (χ4n) is 2.65. The van der Waals surface area contributed by atoms with Gasteiger partial charge in [0.25, 0.3) is 0 Å². The number of nitrogens with zero attached hydrogens (tertiary/aromatic N) is 2. The fourth-order valence-corrected chi connectivity index (χ4v) is 3.58. The van der Waals surface area contributed by atoms with Crippen LogP contribution in [0, 0.1) is 5.82 Å². The largest absolute Gasteiger partial charge is 0.366 e. The van der Waals surface area contributed by atoms with Gasteiger partial charge in [0.1, 0.15) is 5.82 Å². The number of hydrogen-bond donors (Lipinski definition) is 1. The van der Waals surface area contributed by atoms with Gasteiger partial charge in [0, 0.05) is 37.8 Å². The van der Waals surface area contributed by atoms with Crippen molar-refractivity contribution in [3.05, 3.63) is 30.1 Å². The van der Waals surface area contributed by atoms with Crippen LogP contribution in [0.4, 0.5) is 10.1 Å². The van der Waals surface area contributed by atoms with E-state index in [2.05, 4.69) is 5.32 Å². The zero-order valence-corrected chi connectivity index (χ0v) is 12.0. The molecule has 1 aromatic carbocycles. The molecular weight excluding hydrogens is 277 g/mol. The summed E-state index contributed by atoms with van der Waals surface area (Å²) in [6.45, 7) is 2.70. The number of nitrogens with one attached hydrogen (secondary N) is 1. The van der Waals surface area contributed by atoms with Gasteiger partial charge in [-0.15, -0.1) is 11.8 Å². The molecule has 20 heavy (non-hydrogen) atoms. The van der Waals surface area contributed by atoms with Gasteiger partial charge in [-0.05, 0) is 12.1 Å². The van der Waals surface area contributed by atoms with Crippen molar-refractivity contribution in [2.75, 3.05) is 42.7 Å². The number of hydrogen-bond acceptors (Lipinski definition) is 4. The lowest BCUT2D eigenvalue weighted by atomic mass is 10.2. The molecule has 0 spiro atoms. The van der Waals surface area contributed by atoms with E-state index in [-0.39, 0.29) is 17.8 Å². The van der Waals surface area contributed by atoms with Crippen LogP contribution in [0.15, 0.2) is 24.3 Å². The summed E-state index contributed by atoms with van der Waals surface area (Å²) in [5.41, 5.74) is 0.633. The Kier molecular flexibility index (Phi) is 4.12. The number of halogens is 1. The maximum absolute atomic E-state index is 13.7. The van der Waals surface area contributed by atoms with E-state index in [4.69, 9.17) is 0 Å². The third kappa shape index (κ3) is 2.76. The minimum Gasteiger partial charge on any atom is -0.366 e. The number of thioether (sulfide) groups is 1. The standard InChI is InChI=1S/C14H18FN3OS/c15-11-3-1-2-4-13(11)17-5-7-18(8-6-17)14(19)12-9-20-10-16-12/h1-4,12,16H,5-10H2. The molecule has 0 bridgehead atoms. The zero-order valence-electron chi connectivity index (χ0n) is 11.2. The van der Waals surface area contributed by atoms with E-state index in [1.165, 1.54) is 6.07 Å². The minimum atomic E-state index is -0.193. The molecule has 1 aromatic rings. The molecule has 0 aromatic heterocycles. The molecule has 1 amide bonds. The third-order valence-electron chi connectivity index (χ3n) is 3.80. The van der Waals surface area contributed by atoms with Gasteiger partial charge in [0.2, 0.25) is 5.91 Å². The Labute approximate surface area is 122 Å². The highest BCUT2D eigenvalue weighted by Gasteiger charge is 2.29. The van der Waals surface area contributed by atoms with Crippen LogP contribution < -0.4 is 10.2 Å². The van der Waals surface area contributed by atoms with Crippen LogP contribution in [-0.2, 0) is 4.79 Å². The summed E-state index contributed by atoms with van der Waals surface area (Å²) in [6.07, 6.45) is 0. The number of carbonyl (C=O) groups excluding carboxylic acids is 1. The summed E-state index contributed by atoms with van der Waals surface area (Å²) in [7, 11) is 0. The van der Waals surface area contributed by atoms with Gasteiger partial charge in [-0.2, -0.15) is 0 Å². The Balaban J connectivity index is 1.59. The average molecular weight is 295 g/mol. The zero-order chi connectivity index (χ0) is 13.9. The van der Waals surface area contributed by atoms with Crippen LogP contribution in [0.3, 0.4) is 0 Å². The highest BCUT2D eigenvalue weighted by Crippen LogP contribution is 2.21. The van der Waals surface area contributed by atoms with Crippen molar-refractivity contribution >= 4 is 23.4 Å². The lowest BCUT2D eigenvalue weighted by Gasteiger charge is -2.37. The monoisotopic (exact) mass is 295 g/mol. The Morgan fingerprint density at radius 2 is 2.00 bits per heavy atom. The predicted molar refractivity (Wildman–Crippen MR) is 79.4 cm³/mol. The lowest BCUT2D eigenvalue weighted by molar-refractivity contribution is -0.132. The summed E-state index contributed by atoms with van der Waals surface area (Å²) in [6, 6.07) is 6.77. The van der Waals surface area contributed by atoms with Gasteiger partial charge in [0.15, 0.2) is 0 Å². The summed E-state index contributed by atoms with van der Waals surface area (Å²) in [5, 5.41) is 3.20. The molecule has 3 rings (SSSR count). The molecule has 0 radical (unpaired) electrons. The average Bonchev–Trinajstić information content (AvgIpc) is 3.01. The molecule has 1 N–H and O–H groups in total. The first-order valence-corrected chi connectivity index (χ1v) is 8.00. The number of amides is 1. The van der Waals surface area contributed by atoms with E-state index in [1.54, 1.807) is 23.9 Å². The fraction of sp³-hybridized carbons (Fsp3) is 0.500. The van der Waals surface area contributed by atoms with Gasteiger partial charge >= 0.3 is 0 Å². The molecule has 2 aliphatic heterocycles. The summed E-state index contributed by atoms with van der Waals surface area (Å²) >= 11 is 1.76. The SMILES string of the molecule is O=C(C1CSCN1)N1CCN(c2ccccc2F)CC1. The molecule has 2 heterocycles. The normalized spacial score (nSPS) is 23.1. The van der Waals surface area contributed by atoms with Crippen molar-refractivity contribution in [2.24, 2.45) is 0 Å². The smallest absolute Gasteiger partial charge is 0.240 e. The first-order valence-electron chi connectivity index (χ1n) is 6.85. The van der Waals surface area contributed by atoms with Gasteiger partial charge in [-0.3, -0.25) is 10.1 Å². The van der Waals surface area contributed by atoms with Crippen molar-refractivity contribution in [2.45, 2.75) is 6.04 Å². The minimum absolute atomic E-state index is 0.0417. The third-order valence-corrected chi connectivity index (χ3v) is 4.74. The molecular formula is C14H18FN3OS. The molecule has 2 fully saturated rings.